The number of ether oxygens (including phenoxy) is 1. The first kappa shape index (κ1) is 15.7. The molecule has 1 unspecified atom stereocenters. The van der Waals surface area contributed by atoms with Crippen molar-refractivity contribution < 1.29 is 9.53 Å². The summed E-state index contributed by atoms with van der Waals surface area (Å²) in [5.74, 6) is 0.108. The number of benzene rings is 1. The highest BCUT2D eigenvalue weighted by atomic mass is 16.5. The highest BCUT2D eigenvalue weighted by Gasteiger charge is 2.35. The third-order valence-electron chi connectivity index (χ3n) is 4.36. The largest absolute Gasteiger partial charge is 0.367 e. The molecule has 122 valence electrons. The number of carbonyl (C=O) groups is 1. The van der Waals surface area contributed by atoms with Gasteiger partial charge in [0.15, 0.2) is 0 Å². The molecular formula is C18H23N3O2. The van der Waals surface area contributed by atoms with Crippen molar-refractivity contribution in [2.45, 2.75) is 32.4 Å². The monoisotopic (exact) mass is 313 g/mol. The predicted octanol–water partition coefficient (Wildman–Crippen LogP) is 2.22. The molecule has 1 atom stereocenters. The first-order valence-electron chi connectivity index (χ1n) is 8.10. The Morgan fingerprint density at radius 1 is 1.30 bits per heavy atom. The lowest BCUT2D eigenvalue weighted by atomic mass is 9.93. The number of hydrogen-bond donors (Lipinski definition) is 0. The third-order valence-corrected chi connectivity index (χ3v) is 4.36. The number of hydrogen-bond acceptors (Lipinski definition) is 3. The summed E-state index contributed by atoms with van der Waals surface area (Å²) in [7, 11) is 0. The number of rotatable bonds is 4. The van der Waals surface area contributed by atoms with Crippen LogP contribution in [0.2, 0.25) is 0 Å². The SMILES string of the molecule is CCn1ccc(CC(=O)N2CCOC(C)(c3ccccc3)C2)n1. The van der Waals surface area contributed by atoms with Crippen molar-refractivity contribution in [1.29, 1.82) is 0 Å². The van der Waals surface area contributed by atoms with E-state index in [0.717, 1.165) is 17.8 Å². The number of aromatic nitrogens is 2. The number of amides is 1. The van der Waals surface area contributed by atoms with Crippen LogP contribution in [-0.2, 0) is 28.1 Å². The average molecular weight is 313 g/mol. The molecule has 23 heavy (non-hydrogen) atoms. The molecule has 1 amide bonds. The van der Waals surface area contributed by atoms with Crippen molar-refractivity contribution >= 4 is 5.91 Å². The van der Waals surface area contributed by atoms with Crippen molar-refractivity contribution in [2.75, 3.05) is 19.7 Å². The first-order chi connectivity index (χ1) is 11.1. The summed E-state index contributed by atoms with van der Waals surface area (Å²) in [6, 6.07) is 12.0. The zero-order valence-electron chi connectivity index (χ0n) is 13.7. The molecule has 0 aliphatic carbocycles. The predicted molar refractivity (Wildman–Crippen MR) is 87.9 cm³/mol. The van der Waals surface area contributed by atoms with E-state index < -0.39 is 5.60 Å². The van der Waals surface area contributed by atoms with Crippen LogP contribution in [-0.4, -0.2) is 40.3 Å². The van der Waals surface area contributed by atoms with E-state index in [4.69, 9.17) is 4.74 Å². The van der Waals surface area contributed by atoms with Crippen molar-refractivity contribution in [2.24, 2.45) is 0 Å². The van der Waals surface area contributed by atoms with Gasteiger partial charge in [-0.25, -0.2) is 0 Å². The lowest BCUT2D eigenvalue weighted by molar-refractivity contribution is -0.149. The Morgan fingerprint density at radius 2 is 2.09 bits per heavy atom. The maximum Gasteiger partial charge on any atom is 0.228 e. The van der Waals surface area contributed by atoms with Crippen LogP contribution in [0.25, 0.3) is 0 Å². The molecule has 5 nitrogen and oxygen atoms in total. The Hall–Kier alpha value is -2.14. The molecule has 1 aliphatic heterocycles. The maximum atomic E-state index is 12.6. The molecule has 3 rings (SSSR count). The van der Waals surface area contributed by atoms with Gasteiger partial charge in [0.25, 0.3) is 0 Å². The van der Waals surface area contributed by atoms with Gasteiger partial charge in [-0.2, -0.15) is 5.10 Å². The molecule has 2 heterocycles. The molecule has 0 N–H and O–H groups in total. The molecule has 0 saturated carbocycles. The summed E-state index contributed by atoms with van der Waals surface area (Å²) in [6.07, 6.45) is 2.26. The Labute approximate surface area is 136 Å². The molecule has 0 bridgehead atoms. The summed E-state index contributed by atoms with van der Waals surface area (Å²) < 4.78 is 7.83. The molecule has 1 aromatic heterocycles. The normalized spacial score (nSPS) is 21.4. The quantitative estimate of drug-likeness (QED) is 0.869. The van der Waals surface area contributed by atoms with Gasteiger partial charge < -0.3 is 9.64 Å². The van der Waals surface area contributed by atoms with Crippen molar-refractivity contribution in [3.05, 3.63) is 53.9 Å². The summed E-state index contributed by atoms with van der Waals surface area (Å²) in [5, 5.41) is 4.40. The second-order valence-electron chi connectivity index (χ2n) is 6.10. The zero-order chi connectivity index (χ0) is 16.3. The Morgan fingerprint density at radius 3 is 2.78 bits per heavy atom. The lowest BCUT2D eigenvalue weighted by Gasteiger charge is -2.40. The van der Waals surface area contributed by atoms with E-state index in [-0.39, 0.29) is 5.91 Å². The molecule has 1 fully saturated rings. The van der Waals surface area contributed by atoms with Gasteiger partial charge in [-0.05, 0) is 25.5 Å². The van der Waals surface area contributed by atoms with E-state index in [0.29, 0.717) is 26.1 Å². The fraction of sp³-hybridized carbons (Fsp3) is 0.444. The van der Waals surface area contributed by atoms with Gasteiger partial charge in [0.2, 0.25) is 5.91 Å². The number of carbonyl (C=O) groups excluding carboxylic acids is 1. The molecule has 1 aliphatic rings. The Balaban J connectivity index is 1.69. The summed E-state index contributed by atoms with van der Waals surface area (Å²) in [5.41, 5.74) is 1.48. The molecule has 0 spiro atoms. The van der Waals surface area contributed by atoms with E-state index in [9.17, 15) is 4.79 Å². The minimum absolute atomic E-state index is 0.108. The van der Waals surface area contributed by atoms with Crippen LogP contribution in [0, 0.1) is 0 Å². The minimum atomic E-state index is -0.446. The fourth-order valence-electron chi connectivity index (χ4n) is 2.99. The van der Waals surface area contributed by atoms with Crippen LogP contribution in [0.15, 0.2) is 42.6 Å². The van der Waals surface area contributed by atoms with Crippen LogP contribution < -0.4 is 0 Å². The summed E-state index contributed by atoms with van der Waals surface area (Å²) >= 11 is 0. The number of aryl methyl sites for hydroxylation is 1. The van der Waals surface area contributed by atoms with Gasteiger partial charge in [0.1, 0.15) is 5.60 Å². The van der Waals surface area contributed by atoms with Crippen LogP contribution in [0.4, 0.5) is 0 Å². The zero-order valence-corrected chi connectivity index (χ0v) is 13.7. The number of nitrogens with zero attached hydrogens (tertiary/aromatic N) is 3. The molecule has 2 aromatic rings. The highest BCUT2D eigenvalue weighted by molar-refractivity contribution is 5.78. The standard InChI is InChI=1S/C18H23N3O2/c1-3-21-10-9-16(19-21)13-17(22)20-11-12-23-18(2,14-20)15-7-5-4-6-8-15/h4-10H,3,11-14H2,1-2H3. The van der Waals surface area contributed by atoms with E-state index >= 15 is 0 Å². The van der Waals surface area contributed by atoms with E-state index in [1.165, 1.54) is 0 Å². The van der Waals surface area contributed by atoms with Crippen molar-refractivity contribution in [3.63, 3.8) is 0 Å². The van der Waals surface area contributed by atoms with Crippen LogP contribution in [0.1, 0.15) is 25.1 Å². The van der Waals surface area contributed by atoms with Crippen molar-refractivity contribution in [3.8, 4) is 0 Å². The fourth-order valence-corrected chi connectivity index (χ4v) is 2.99. The lowest BCUT2D eigenvalue weighted by Crippen LogP contribution is -2.50. The average Bonchev–Trinajstić information content (AvgIpc) is 3.03. The molecule has 5 heteroatoms. The van der Waals surface area contributed by atoms with Crippen molar-refractivity contribution in [1.82, 2.24) is 14.7 Å². The van der Waals surface area contributed by atoms with E-state index in [2.05, 4.69) is 17.2 Å². The Bertz CT molecular complexity index is 668. The molecular weight excluding hydrogens is 290 g/mol. The van der Waals surface area contributed by atoms with Crippen LogP contribution in [0.5, 0.6) is 0 Å². The minimum Gasteiger partial charge on any atom is -0.367 e. The first-order valence-corrected chi connectivity index (χ1v) is 8.10. The molecule has 1 aromatic carbocycles. The Kier molecular flexibility index (Phi) is 4.48. The smallest absolute Gasteiger partial charge is 0.228 e. The number of morpholine rings is 1. The summed E-state index contributed by atoms with van der Waals surface area (Å²) in [4.78, 5) is 14.5. The second-order valence-corrected chi connectivity index (χ2v) is 6.10. The topological polar surface area (TPSA) is 47.4 Å². The van der Waals surface area contributed by atoms with Gasteiger partial charge in [-0.3, -0.25) is 9.48 Å². The molecule has 1 saturated heterocycles. The van der Waals surface area contributed by atoms with Gasteiger partial charge in [0, 0.05) is 19.3 Å². The highest BCUT2D eigenvalue weighted by Crippen LogP contribution is 2.29. The van der Waals surface area contributed by atoms with Gasteiger partial charge in [0.05, 0.1) is 25.3 Å². The van der Waals surface area contributed by atoms with Gasteiger partial charge >= 0.3 is 0 Å². The van der Waals surface area contributed by atoms with E-state index in [1.54, 1.807) is 0 Å². The maximum absolute atomic E-state index is 12.6. The summed E-state index contributed by atoms with van der Waals surface area (Å²) in [6.45, 7) is 6.66. The van der Waals surface area contributed by atoms with Crippen LogP contribution >= 0.6 is 0 Å². The second kappa shape index (κ2) is 6.54. The van der Waals surface area contributed by atoms with Gasteiger partial charge in [-0.1, -0.05) is 30.3 Å². The van der Waals surface area contributed by atoms with Gasteiger partial charge in [-0.15, -0.1) is 0 Å². The molecule has 0 radical (unpaired) electrons. The van der Waals surface area contributed by atoms with E-state index in [1.807, 2.05) is 53.9 Å². The van der Waals surface area contributed by atoms with Crippen LogP contribution in [0.3, 0.4) is 0 Å². The third kappa shape index (κ3) is 3.45.